The maximum Gasteiger partial charge on any atom is 0.115 e. The number of hydrogen-bond acceptors (Lipinski definition) is 4. The summed E-state index contributed by atoms with van der Waals surface area (Å²) in [7, 11) is 0. The molecule has 4 rings (SSSR count). The molecular weight excluding hydrogens is 419 g/mol. The van der Waals surface area contributed by atoms with Crippen molar-refractivity contribution in [2.24, 2.45) is 10.8 Å². The summed E-state index contributed by atoms with van der Waals surface area (Å²) in [5.41, 5.74) is 0.315. The van der Waals surface area contributed by atoms with E-state index in [1.807, 2.05) is 30.3 Å². The Morgan fingerprint density at radius 1 is 0.833 bits per heavy atom. The third-order valence-corrected chi connectivity index (χ3v) is 8.20. The van der Waals surface area contributed by atoms with Crippen LogP contribution in [0.25, 0.3) is 0 Å². The molecule has 1 aliphatic heterocycles. The predicted molar refractivity (Wildman–Crippen MR) is 124 cm³/mol. The largest absolute Gasteiger partial charge is 0.508 e. The molecule has 6 heteroatoms. The highest BCUT2D eigenvalue weighted by molar-refractivity contribution is 6.42. The van der Waals surface area contributed by atoms with Crippen LogP contribution in [0.2, 0.25) is 10.0 Å². The van der Waals surface area contributed by atoms with Crippen molar-refractivity contribution in [1.29, 1.82) is 0 Å². The van der Waals surface area contributed by atoms with Crippen LogP contribution >= 0.6 is 23.2 Å². The van der Waals surface area contributed by atoms with Crippen LogP contribution in [-0.4, -0.2) is 47.3 Å². The smallest absolute Gasteiger partial charge is 0.115 e. The Bertz CT molecular complexity index is 919. The number of aliphatic hydroxyl groups is 1. The molecule has 2 N–H and O–H groups in total. The number of nitrogens with zero attached hydrogens (tertiary/aromatic N) is 2. The Morgan fingerprint density at radius 3 is 1.93 bits per heavy atom. The van der Waals surface area contributed by atoms with Gasteiger partial charge in [-0.15, -0.1) is 0 Å². The van der Waals surface area contributed by atoms with E-state index >= 15 is 0 Å². The number of halogens is 2. The Morgan fingerprint density at radius 2 is 1.40 bits per heavy atom. The molecule has 0 spiro atoms. The molecule has 1 saturated heterocycles. The summed E-state index contributed by atoms with van der Waals surface area (Å²) < 4.78 is 0. The zero-order valence-electron chi connectivity index (χ0n) is 18.0. The van der Waals surface area contributed by atoms with Crippen molar-refractivity contribution in [2.75, 3.05) is 31.1 Å². The molecule has 162 valence electrons. The molecule has 1 aliphatic carbocycles. The molecule has 0 aromatic heterocycles. The SMILES string of the molecule is CC1(C)C(N2CCN(c3ccc(Cl)c(Cl)c3)CC2)C(C)(C)C1(O)c1ccc(O)cc1. The third-order valence-electron chi connectivity index (χ3n) is 7.46. The van der Waals surface area contributed by atoms with Gasteiger partial charge in [-0.1, -0.05) is 63.0 Å². The van der Waals surface area contributed by atoms with Gasteiger partial charge in [0.25, 0.3) is 0 Å². The fourth-order valence-electron chi connectivity index (χ4n) is 6.33. The lowest BCUT2D eigenvalue weighted by Gasteiger charge is -2.72. The van der Waals surface area contributed by atoms with Crippen molar-refractivity contribution in [1.82, 2.24) is 4.90 Å². The average molecular weight is 449 g/mol. The number of phenols is 1. The van der Waals surface area contributed by atoms with Gasteiger partial charge in [0.1, 0.15) is 11.4 Å². The van der Waals surface area contributed by atoms with Crippen LogP contribution in [0.15, 0.2) is 42.5 Å². The second kappa shape index (κ2) is 7.30. The van der Waals surface area contributed by atoms with Crippen LogP contribution in [0.1, 0.15) is 33.3 Å². The van der Waals surface area contributed by atoms with Crippen LogP contribution in [0.4, 0.5) is 5.69 Å². The molecule has 4 nitrogen and oxygen atoms in total. The number of anilines is 1. The van der Waals surface area contributed by atoms with E-state index in [2.05, 4.69) is 37.5 Å². The summed E-state index contributed by atoms with van der Waals surface area (Å²) in [5.74, 6) is 0.215. The quantitative estimate of drug-likeness (QED) is 0.681. The lowest BCUT2D eigenvalue weighted by atomic mass is 9.39. The molecule has 1 heterocycles. The Labute approximate surface area is 189 Å². The minimum absolute atomic E-state index is 0.215. The topological polar surface area (TPSA) is 46.9 Å². The molecule has 2 aliphatic rings. The molecule has 30 heavy (non-hydrogen) atoms. The van der Waals surface area contributed by atoms with Crippen molar-refractivity contribution in [3.05, 3.63) is 58.1 Å². The van der Waals surface area contributed by atoms with Crippen molar-refractivity contribution < 1.29 is 10.2 Å². The first-order valence-electron chi connectivity index (χ1n) is 10.5. The number of aromatic hydroxyl groups is 1. The van der Waals surface area contributed by atoms with Crippen LogP contribution in [-0.2, 0) is 5.60 Å². The van der Waals surface area contributed by atoms with Crippen molar-refractivity contribution in [2.45, 2.75) is 39.3 Å². The van der Waals surface area contributed by atoms with E-state index < -0.39 is 5.60 Å². The van der Waals surface area contributed by atoms with Gasteiger partial charge in [-0.2, -0.15) is 0 Å². The number of benzene rings is 2. The van der Waals surface area contributed by atoms with Crippen molar-refractivity contribution in [3.63, 3.8) is 0 Å². The van der Waals surface area contributed by atoms with Gasteiger partial charge < -0.3 is 15.1 Å². The molecule has 2 aromatic carbocycles. The Balaban J connectivity index is 1.53. The summed E-state index contributed by atoms with van der Waals surface area (Å²) in [6, 6.07) is 13.0. The third kappa shape index (κ3) is 3.03. The summed E-state index contributed by atoms with van der Waals surface area (Å²) >= 11 is 12.3. The van der Waals surface area contributed by atoms with E-state index in [1.54, 1.807) is 12.1 Å². The molecule has 0 radical (unpaired) electrons. The summed E-state index contributed by atoms with van der Waals surface area (Å²) in [4.78, 5) is 4.85. The summed E-state index contributed by atoms with van der Waals surface area (Å²) in [6.45, 7) is 12.3. The van der Waals surface area contributed by atoms with Gasteiger partial charge >= 0.3 is 0 Å². The van der Waals surface area contributed by atoms with Gasteiger partial charge in [0.15, 0.2) is 0 Å². The second-order valence-electron chi connectivity index (χ2n) is 9.72. The van der Waals surface area contributed by atoms with Crippen LogP contribution in [0.3, 0.4) is 0 Å². The normalized spacial score (nSPS) is 28.2. The maximum absolute atomic E-state index is 11.9. The molecule has 0 amide bonds. The average Bonchev–Trinajstić information content (AvgIpc) is 2.70. The minimum atomic E-state index is -0.973. The lowest BCUT2D eigenvalue weighted by Crippen LogP contribution is -2.79. The van der Waals surface area contributed by atoms with Gasteiger partial charge in [-0.3, -0.25) is 4.90 Å². The standard InChI is InChI=1S/C24H30Cl2N2O2/c1-22(2)21(23(3,4)24(22,30)16-5-8-18(29)9-6-16)28-13-11-27(12-14-28)17-7-10-19(25)20(26)15-17/h5-10,15,21,29-30H,11-14H2,1-4H3. The van der Waals surface area contributed by atoms with E-state index in [9.17, 15) is 10.2 Å². The summed E-state index contributed by atoms with van der Waals surface area (Å²) in [6.07, 6.45) is 0. The number of phenolic OH excluding ortho intramolecular Hbond substituents is 1. The molecule has 0 unspecified atom stereocenters. The first-order chi connectivity index (χ1) is 14.0. The fraction of sp³-hybridized carbons (Fsp3) is 0.500. The monoisotopic (exact) mass is 448 g/mol. The van der Waals surface area contributed by atoms with Crippen LogP contribution in [0, 0.1) is 10.8 Å². The van der Waals surface area contributed by atoms with Gasteiger partial charge in [0.05, 0.1) is 10.0 Å². The molecule has 0 atom stereocenters. The zero-order chi connectivity index (χ0) is 21.9. The van der Waals surface area contributed by atoms with E-state index in [0.29, 0.717) is 10.0 Å². The van der Waals surface area contributed by atoms with E-state index in [-0.39, 0.29) is 22.6 Å². The van der Waals surface area contributed by atoms with Crippen molar-refractivity contribution in [3.8, 4) is 5.75 Å². The molecule has 2 fully saturated rings. The fourth-order valence-corrected chi connectivity index (χ4v) is 6.62. The zero-order valence-corrected chi connectivity index (χ0v) is 19.5. The van der Waals surface area contributed by atoms with Gasteiger partial charge in [0.2, 0.25) is 0 Å². The molecule has 1 saturated carbocycles. The molecule has 2 aromatic rings. The van der Waals surface area contributed by atoms with E-state index in [0.717, 1.165) is 37.4 Å². The number of hydrogen-bond donors (Lipinski definition) is 2. The number of rotatable bonds is 3. The maximum atomic E-state index is 11.9. The Hall–Kier alpha value is -1.46. The highest BCUT2D eigenvalue weighted by atomic mass is 35.5. The van der Waals surface area contributed by atoms with Crippen LogP contribution in [0.5, 0.6) is 5.75 Å². The molecule has 0 bridgehead atoms. The lowest BCUT2D eigenvalue weighted by molar-refractivity contribution is -0.307. The summed E-state index contributed by atoms with van der Waals surface area (Å²) in [5, 5.41) is 22.7. The van der Waals surface area contributed by atoms with E-state index in [1.165, 1.54) is 0 Å². The van der Waals surface area contributed by atoms with Crippen molar-refractivity contribution >= 4 is 28.9 Å². The van der Waals surface area contributed by atoms with E-state index in [4.69, 9.17) is 23.2 Å². The first kappa shape index (κ1) is 21.8. The Kier molecular flexibility index (Phi) is 5.30. The molecular formula is C24H30Cl2N2O2. The number of piperazine rings is 1. The highest BCUT2D eigenvalue weighted by Crippen LogP contribution is 2.68. The van der Waals surface area contributed by atoms with Crippen LogP contribution < -0.4 is 4.90 Å². The minimum Gasteiger partial charge on any atom is -0.508 e. The van der Waals surface area contributed by atoms with Gasteiger partial charge in [-0.05, 0) is 35.9 Å². The predicted octanol–water partition coefficient (Wildman–Crippen LogP) is 5.14. The van der Waals surface area contributed by atoms with Gasteiger partial charge in [0, 0.05) is 48.7 Å². The second-order valence-corrected chi connectivity index (χ2v) is 10.5. The first-order valence-corrected chi connectivity index (χ1v) is 11.2. The highest BCUT2D eigenvalue weighted by Gasteiger charge is 2.73. The van der Waals surface area contributed by atoms with Gasteiger partial charge in [-0.25, -0.2) is 0 Å².